The topological polar surface area (TPSA) is 65.4 Å². The Hall–Kier alpha value is -1.46. The number of aromatic nitrogens is 3. The van der Waals surface area contributed by atoms with Gasteiger partial charge in [-0.15, -0.1) is 0 Å². The van der Waals surface area contributed by atoms with Gasteiger partial charge in [0.15, 0.2) is 5.65 Å². The van der Waals surface area contributed by atoms with Crippen LogP contribution in [0.5, 0.6) is 0 Å². The number of nitrogens with two attached hydrogens (primary N) is 1. The summed E-state index contributed by atoms with van der Waals surface area (Å²) >= 11 is 0. The molecular formula is C10H14N4O. The Morgan fingerprint density at radius 1 is 1.47 bits per heavy atom. The quantitative estimate of drug-likeness (QED) is 0.758. The number of fused-ring (bicyclic) bond motifs is 1. The Morgan fingerprint density at radius 2 is 2.27 bits per heavy atom. The van der Waals surface area contributed by atoms with E-state index in [1.165, 1.54) is 0 Å². The van der Waals surface area contributed by atoms with Gasteiger partial charge in [0, 0.05) is 24.0 Å². The highest BCUT2D eigenvalue weighted by atomic mass is 16.6. The van der Waals surface area contributed by atoms with Crippen LogP contribution < -0.4 is 5.90 Å². The van der Waals surface area contributed by atoms with Gasteiger partial charge in [0.25, 0.3) is 0 Å². The minimum Gasteiger partial charge on any atom is -0.304 e. The van der Waals surface area contributed by atoms with Crippen LogP contribution in [0.25, 0.3) is 5.65 Å². The molecular weight excluding hydrogens is 192 g/mol. The first-order valence-corrected chi connectivity index (χ1v) is 4.74. The first-order chi connectivity index (χ1) is 7.15. The molecule has 0 atom stereocenters. The van der Waals surface area contributed by atoms with Gasteiger partial charge in [-0.2, -0.15) is 0 Å². The van der Waals surface area contributed by atoms with Gasteiger partial charge < -0.3 is 9.24 Å². The minimum absolute atomic E-state index is 0.171. The van der Waals surface area contributed by atoms with Crippen LogP contribution in [0.2, 0.25) is 0 Å². The summed E-state index contributed by atoms with van der Waals surface area (Å²) in [5, 5.41) is 0. The van der Waals surface area contributed by atoms with E-state index >= 15 is 0 Å². The Morgan fingerprint density at radius 3 is 3.00 bits per heavy atom. The Balaban J connectivity index is 2.52. The molecule has 0 aromatic carbocycles. The van der Waals surface area contributed by atoms with Crippen LogP contribution in [-0.4, -0.2) is 21.0 Å². The molecule has 0 spiro atoms. The van der Waals surface area contributed by atoms with Crippen molar-refractivity contribution in [2.24, 2.45) is 5.90 Å². The average Bonchev–Trinajstić information content (AvgIpc) is 2.61. The molecule has 0 saturated heterocycles. The molecule has 0 saturated carbocycles. The van der Waals surface area contributed by atoms with Crippen molar-refractivity contribution in [1.29, 1.82) is 0 Å². The van der Waals surface area contributed by atoms with Crippen molar-refractivity contribution in [2.75, 3.05) is 6.61 Å². The lowest BCUT2D eigenvalue weighted by Crippen LogP contribution is -2.27. The van der Waals surface area contributed by atoms with Gasteiger partial charge in [-0.25, -0.2) is 10.9 Å². The molecule has 0 bridgehead atoms. The van der Waals surface area contributed by atoms with E-state index in [0.717, 1.165) is 11.3 Å². The summed E-state index contributed by atoms with van der Waals surface area (Å²) in [5.74, 6) is 5.12. The zero-order valence-electron chi connectivity index (χ0n) is 8.84. The van der Waals surface area contributed by atoms with E-state index < -0.39 is 0 Å². The maximum Gasteiger partial charge on any atom is 0.155 e. The van der Waals surface area contributed by atoms with Crippen LogP contribution in [-0.2, 0) is 10.3 Å². The summed E-state index contributed by atoms with van der Waals surface area (Å²) in [6.07, 6.45) is 7.17. The highest BCUT2D eigenvalue weighted by Gasteiger charge is 2.24. The maximum absolute atomic E-state index is 5.12. The molecule has 5 heteroatoms. The highest BCUT2D eigenvalue weighted by molar-refractivity contribution is 5.38. The van der Waals surface area contributed by atoms with E-state index in [2.05, 4.69) is 23.8 Å². The van der Waals surface area contributed by atoms with Crippen LogP contribution in [0.1, 0.15) is 19.5 Å². The van der Waals surface area contributed by atoms with E-state index in [1.54, 1.807) is 12.4 Å². The first kappa shape index (κ1) is 10.1. The van der Waals surface area contributed by atoms with Crippen molar-refractivity contribution >= 4 is 5.65 Å². The van der Waals surface area contributed by atoms with Gasteiger partial charge in [0.05, 0.1) is 18.5 Å². The number of hydrogen-bond acceptors (Lipinski definition) is 4. The van der Waals surface area contributed by atoms with E-state index in [-0.39, 0.29) is 5.41 Å². The third-order valence-electron chi connectivity index (χ3n) is 2.45. The third kappa shape index (κ3) is 1.71. The number of imidazole rings is 1. The van der Waals surface area contributed by atoms with Crippen LogP contribution in [0.15, 0.2) is 24.8 Å². The van der Waals surface area contributed by atoms with Crippen molar-refractivity contribution in [2.45, 2.75) is 19.3 Å². The van der Waals surface area contributed by atoms with Crippen molar-refractivity contribution < 1.29 is 4.84 Å². The molecule has 0 radical (unpaired) electrons. The smallest absolute Gasteiger partial charge is 0.155 e. The molecule has 80 valence electrons. The molecule has 2 rings (SSSR count). The SMILES string of the molecule is CC(C)(CON)c1cnc2cnccn12. The molecule has 0 unspecified atom stereocenters. The van der Waals surface area contributed by atoms with Gasteiger partial charge in [-0.1, -0.05) is 13.8 Å². The largest absolute Gasteiger partial charge is 0.304 e. The molecule has 0 fully saturated rings. The molecule has 5 nitrogen and oxygen atoms in total. The molecule has 0 aliphatic heterocycles. The monoisotopic (exact) mass is 206 g/mol. The van der Waals surface area contributed by atoms with Crippen molar-refractivity contribution in [3.05, 3.63) is 30.5 Å². The van der Waals surface area contributed by atoms with Crippen molar-refractivity contribution in [3.63, 3.8) is 0 Å². The lowest BCUT2D eigenvalue weighted by atomic mass is 9.91. The molecule has 0 aliphatic carbocycles. The van der Waals surface area contributed by atoms with E-state index in [1.807, 2.05) is 16.8 Å². The fourth-order valence-corrected chi connectivity index (χ4v) is 1.63. The maximum atomic E-state index is 5.12. The van der Waals surface area contributed by atoms with E-state index in [4.69, 9.17) is 10.7 Å². The zero-order chi connectivity index (χ0) is 10.9. The predicted molar refractivity (Wildman–Crippen MR) is 56.2 cm³/mol. The summed E-state index contributed by atoms with van der Waals surface area (Å²) in [4.78, 5) is 13.0. The minimum atomic E-state index is -0.171. The normalized spacial score (nSPS) is 12.2. The number of rotatable bonds is 3. The summed E-state index contributed by atoms with van der Waals surface area (Å²) < 4.78 is 1.99. The van der Waals surface area contributed by atoms with Crippen molar-refractivity contribution in [1.82, 2.24) is 14.4 Å². The first-order valence-electron chi connectivity index (χ1n) is 4.74. The Bertz CT molecular complexity index is 463. The Labute approximate surface area is 87.9 Å². The van der Waals surface area contributed by atoms with Crippen LogP contribution in [0.4, 0.5) is 0 Å². The van der Waals surface area contributed by atoms with Gasteiger partial charge in [0.2, 0.25) is 0 Å². The van der Waals surface area contributed by atoms with E-state index in [0.29, 0.717) is 6.61 Å². The fraction of sp³-hybridized carbons (Fsp3) is 0.400. The molecule has 2 heterocycles. The molecule has 15 heavy (non-hydrogen) atoms. The molecule has 0 amide bonds. The fourth-order valence-electron chi connectivity index (χ4n) is 1.63. The number of nitrogens with zero attached hydrogens (tertiary/aromatic N) is 3. The molecule has 2 aromatic heterocycles. The average molecular weight is 206 g/mol. The second-order valence-corrected chi connectivity index (χ2v) is 4.14. The van der Waals surface area contributed by atoms with Crippen LogP contribution >= 0.6 is 0 Å². The Kier molecular flexibility index (Phi) is 2.42. The molecule has 2 aromatic rings. The van der Waals surface area contributed by atoms with E-state index in [9.17, 15) is 0 Å². The lowest BCUT2D eigenvalue weighted by molar-refractivity contribution is 0.0946. The van der Waals surface area contributed by atoms with Gasteiger partial charge in [0.1, 0.15) is 0 Å². The lowest BCUT2D eigenvalue weighted by Gasteiger charge is -2.22. The second-order valence-electron chi connectivity index (χ2n) is 4.14. The second kappa shape index (κ2) is 3.60. The van der Waals surface area contributed by atoms with Crippen LogP contribution in [0.3, 0.4) is 0 Å². The van der Waals surface area contributed by atoms with Gasteiger partial charge in [-0.05, 0) is 0 Å². The standard InChI is InChI=1S/C10H14N4O/c1-10(2,7-15-11)8-5-13-9-6-12-3-4-14(8)9/h3-6H,7,11H2,1-2H3. The van der Waals surface area contributed by atoms with Crippen molar-refractivity contribution in [3.8, 4) is 0 Å². The third-order valence-corrected chi connectivity index (χ3v) is 2.45. The molecule has 2 N–H and O–H groups in total. The summed E-state index contributed by atoms with van der Waals surface area (Å²) in [5.41, 5.74) is 1.72. The summed E-state index contributed by atoms with van der Waals surface area (Å²) in [7, 11) is 0. The van der Waals surface area contributed by atoms with Crippen LogP contribution in [0, 0.1) is 0 Å². The van der Waals surface area contributed by atoms with Gasteiger partial charge in [-0.3, -0.25) is 4.98 Å². The number of hydrogen-bond donors (Lipinski definition) is 1. The summed E-state index contributed by atoms with van der Waals surface area (Å²) in [6, 6.07) is 0. The highest BCUT2D eigenvalue weighted by Crippen LogP contribution is 2.23. The molecule has 0 aliphatic rings. The zero-order valence-corrected chi connectivity index (χ0v) is 8.84. The predicted octanol–water partition coefficient (Wildman–Crippen LogP) is 0.897. The summed E-state index contributed by atoms with van der Waals surface area (Å²) in [6.45, 7) is 4.57. The van der Waals surface area contributed by atoms with Gasteiger partial charge >= 0.3 is 0 Å².